The summed E-state index contributed by atoms with van der Waals surface area (Å²) < 4.78 is 33.8. The van der Waals surface area contributed by atoms with Crippen molar-refractivity contribution in [3.05, 3.63) is 46.6 Å². The van der Waals surface area contributed by atoms with Crippen molar-refractivity contribution in [3.63, 3.8) is 0 Å². The van der Waals surface area contributed by atoms with Gasteiger partial charge < -0.3 is 15.2 Å². The van der Waals surface area contributed by atoms with Crippen molar-refractivity contribution < 1.29 is 18.3 Å². The van der Waals surface area contributed by atoms with Crippen LogP contribution in [0.5, 0.6) is 0 Å². The number of carbonyl (C=O) groups excluding carboxylic acids is 1. The van der Waals surface area contributed by atoms with Crippen LogP contribution in [0.15, 0.2) is 35.3 Å². The maximum absolute atomic E-state index is 14.0. The zero-order valence-electron chi connectivity index (χ0n) is 17.4. The summed E-state index contributed by atoms with van der Waals surface area (Å²) in [6.45, 7) is 1.12. The van der Waals surface area contributed by atoms with Crippen LogP contribution in [0.2, 0.25) is 0 Å². The second kappa shape index (κ2) is 8.02. The van der Waals surface area contributed by atoms with Gasteiger partial charge >= 0.3 is 0 Å². The number of nitrogens with one attached hydrogen (secondary N) is 2. The van der Waals surface area contributed by atoms with E-state index in [0.29, 0.717) is 52.8 Å². The lowest BCUT2D eigenvalue weighted by molar-refractivity contribution is -0.135. The second-order valence-corrected chi connectivity index (χ2v) is 11.0. The van der Waals surface area contributed by atoms with Gasteiger partial charge in [-0.15, -0.1) is 0 Å². The lowest BCUT2D eigenvalue weighted by Gasteiger charge is -2.35. The van der Waals surface area contributed by atoms with Gasteiger partial charge in [-0.2, -0.15) is 10.6 Å². The molecule has 4 heterocycles. The summed E-state index contributed by atoms with van der Waals surface area (Å²) in [5.41, 5.74) is 0.142. The molecule has 2 saturated heterocycles. The van der Waals surface area contributed by atoms with E-state index >= 15 is 0 Å². The molecule has 2 atom stereocenters. The van der Waals surface area contributed by atoms with Crippen LogP contribution in [0, 0.1) is 11.7 Å². The minimum Gasteiger partial charge on any atom is -0.365 e. The van der Waals surface area contributed by atoms with Crippen molar-refractivity contribution in [2.45, 2.75) is 25.3 Å². The topological polar surface area (TPSA) is 119 Å². The fourth-order valence-corrected chi connectivity index (χ4v) is 6.59. The predicted octanol–water partition coefficient (Wildman–Crippen LogP) is 3.39. The number of likely N-dealkylation sites (tertiary alicyclic amines) is 1. The van der Waals surface area contributed by atoms with Crippen LogP contribution in [-0.4, -0.2) is 60.5 Å². The Morgan fingerprint density at radius 2 is 2.09 bits per heavy atom. The molecule has 4 N–H and O–H groups in total. The molecule has 2 aromatic heterocycles. The summed E-state index contributed by atoms with van der Waals surface area (Å²) in [5, 5.41) is 4.88. The van der Waals surface area contributed by atoms with E-state index in [4.69, 9.17) is 0 Å². The summed E-state index contributed by atoms with van der Waals surface area (Å²) in [6, 6.07) is 5.92. The third kappa shape index (κ3) is 3.94. The number of aromatic amines is 1. The Kier molecular flexibility index (Phi) is 5.31. The molecule has 170 valence electrons. The van der Waals surface area contributed by atoms with Gasteiger partial charge in [-0.05, 0) is 43.5 Å². The van der Waals surface area contributed by atoms with E-state index in [9.17, 15) is 23.1 Å². The highest BCUT2D eigenvalue weighted by Gasteiger charge is 2.37. The lowest BCUT2D eigenvalue weighted by atomic mass is 10.0. The van der Waals surface area contributed by atoms with Crippen LogP contribution in [0.25, 0.3) is 21.7 Å². The van der Waals surface area contributed by atoms with Crippen LogP contribution in [-0.2, 0) is 4.79 Å². The average molecular weight is 461 g/mol. The number of hydrogen-bond acceptors (Lipinski definition) is 6. The van der Waals surface area contributed by atoms with E-state index in [0.717, 1.165) is 12.8 Å². The van der Waals surface area contributed by atoms with Gasteiger partial charge in [-0.1, -0.05) is 0 Å². The van der Waals surface area contributed by atoms with E-state index in [1.54, 1.807) is 17.0 Å². The maximum atomic E-state index is 14.0. The molecule has 5 rings (SSSR count). The fraction of sp³-hybridized carbons (Fsp3) is 0.409. The van der Waals surface area contributed by atoms with E-state index in [2.05, 4.69) is 15.3 Å². The fourth-order valence-electron chi connectivity index (χ4n) is 4.80. The standard InChI is InChI=1S/C22H25FN4O4S/c23-14-3-4-16-17(10-14)19-18(5-7-24-21(19)28)26-20(16)25-15-2-1-8-27(11-15)22(29)13-6-9-32(30,31)12-13/h3-5,7,10,13,15,30-31H,1-2,6,8-9,11-12H2,(H,24,28)(H,25,26)/t13?,15-/m1/s1. The number of aromatic nitrogens is 2. The summed E-state index contributed by atoms with van der Waals surface area (Å²) in [6.07, 6.45) is 3.67. The second-order valence-electron chi connectivity index (χ2n) is 8.64. The number of halogens is 1. The number of amides is 1. The summed E-state index contributed by atoms with van der Waals surface area (Å²) >= 11 is 0. The van der Waals surface area contributed by atoms with E-state index < -0.39 is 16.4 Å². The maximum Gasteiger partial charge on any atom is 0.258 e. The van der Waals surface area contributed by atoms with Gasteiger partial charge in [0.25, 0.3) is 5.56 Å². The third-order valence-corrected chi connectivity index (χ3v) is 8.19. The van der Waals surface area contributed by atoms with Crippen LogP contribution in [0.4, 0.5) is 10.2 Å². The van der Waals surface area contributed by atoms with Crippen molar-refractivity contribution >= 4 is 44.0 Å². The van der Waals surface area contributed by atoms with Crippen LogP contribution < -0.4 is 10.9 Å². The molecule has 10 heteroatoms. The van der Waals surface area contributed by atoms with Gasteiger partial charge in [-0.3, -0.25) is 18.7 Å². The number of H-pyrrole nitrogens is 1. The molecule has 1 unspecified atom stereocenters. The molecule has 0 aliphatic carbocycles. The zero-order valence-corrected chi connectivity index (χ0v) is 18.2. The number of piperidine rings is 1. The number of fused-ring (bicyclic) bond motifs is 3. The molecule has 0 bridgehead atoms. The molecule has 32 heavy (non-hydrogen) atoms. The van der Waals surface area contributed by atoms with Crippen LogP contribution >= 0.6 is 10.6 Å². The van der Waals surface area contributed by atoms with Gasteiger partial charge in [0.15, 0.2) is 0 Å². The molecule has 1 aromatic carbocycles. The van der Waals surface area contributed by atoms with Crippen LogP contribution in [0.1, 0.15) is 19.3 Å². The molecule has 1 amide bonds. The number of rotatable bonds is 3. The highest BCUT2D eigenvalue weighted by atomic mass is 32.3. The first-order chi connectivity index (χ1) is 15.3. The monoisotopic (exact) mass is 460 g/mol. The van der Waals surface area contributed by atoms with Gasteiger partial charge in [0.2, 0.25) is 5.91 Å². The first-order valence-corrected chi connectivity index (χ1v) is 12.6. The molecule has 3 aromatic rings. The van der Waals surface area contributed by atoms with Gasteiger partial charge in [0.1, 0.15) is 11.6 Å². The van der Waals surface area contributed by atoms with Gasteiger partial charge in [0.05, 0.1) is 16.8 Å². The van der Waals surface area contributed by atoms with E-state index in [1.807, 2.05) is 0 Å². The number of nitrogens with zero attached hydrogens (tertiary/aromatic N) is 2. The SMILES string of the molecule is O=C(C1CCS(O)(O)C1)N1CCC[C@@H](Nc2nc3cc[nH]c(=O)c3c3cc(F)ccc23)C1. The molecular weight excluding hydrogens is 435 g/mol. The molecule has 2 aliphatic heterocycles. The normalized spacial score (nSPS) is 24.0. The minimum atomic E-state index is -2.63. The van der Waals surface area contributed by atoms with Crippen molar-refractivity contribution in [1.29, 1.82) is 0 Å². The molecule has 0 spiro atoms. The Balaban J connectivity index is 1.43. The molecule has 2 fully saturated rings. The highest BCUT2D eigenvalue weighted by Crippen LogP contribution is 2.48. The Morgan fingerprint density at radius 3 is 2.88 bits per heavy atom. The van der Waals surface area contributed by atoms with Crippen molar-refractivity contribution in [3.8, 4) is 0 Å². The number of hydrogen-bond donors (Lipinski definition) is 4. The average Bonchev–Trinajstić information content (AvgIpc) is 3.13. The summed E-state index contributed by atoms with van der Waals surface area (Å²) in [4.78, 5) is 34.4. The quantitative estimate of drug-likeness (QED) is 0.445. The minimum absolute atomic E-state index is 0.0288. The summed E-state index contributed by atoms with van der Waals surface area (Å²) in [7, 11) is -2.63. The smallest absolute Gasteiger partial charge is 0.258 e. The van der Waals surface area contributed by atoms with Crippen molar-refractivity contribution in [1.82, 2.24) is 14.9 Å². The first-order valence-electron chi connectivity index (χ1n) is 10.7. The number of carbonyl (C=O) groups is 1. The Labute approximate surface area is 185 Å². The zero-order chi connectivity index (χ0) is 22.5. The molecule has 0 radical (unpaired) electrons. The van der Waals surface area contributed by atoms with E-state index in [-0.39, 0.29) is 29.2 Å². The van der Waals surface area contributed by atoms with Crippen LogP contribution in [0.3, 0.4) is 0 Å². The first kappa shape index (κ1) is 21.2. The molecular formula is C22H25FN4O4S. The van der Waals surface area contributed by atoms with Crippen molar-refractivity contribution in [2.24, 2.45) is 5.92 Å². The number of benzene rings is 1. The lowest BCUT2D eigenvalue weighted by Crippen LogP contribution is -2.47. The molecule has 0 saturated carbocycles. The Morgan fingerprint density at radius 1 is 1.25 bits per heavy atom. The predicted molar refractivity (Wildman–Crippen MR) is 124 cm³/mol. The summed E-state index contributed by atoms with van der Waals surface area (Å²) in [5.74, 6) is 0.189. The number of anilines is 1. The third-order valence-electron chi connectivity index (χ3n) is 6.36. The molecule has 2 aliphatic rings. The Hall–Kier alpha value is -2.69. The van der Waals surface area contributed by atoms with Gasteiger partial charge in [0, 0.05) is 47.6 Å². The van der Waals surface area contributed by atoms with E-state index in [1.165, 1.54) is 18.3 Å². The molecule has 8 nitrogen and oxygen atoms in total. The van der Waals surface area contributed by atoms with Crippen molar-refractivity contribution in [2.75, 3.05) is 29.9 Å². The highest BCUT2D eigenvalue weighted by molar-refractivity contribution is 8.24. The largest absolute Gasteiger partial charge is 0.365 e. The Bertz CT molecular complexity index is 1260. The van der Waals surface area contributed by atoms with Gasteiger partial charge in [-0.25, -0.2) is 9.37 Å². The number of pyridine rings is 2.